The van der Waals surface area contributed by atoms with Gasteiger partial charge >= 0.3 is 0 Å². The maximum Gasteiger partial charge on any atom is 0.273 e. The van der Waals surface area contributed by atoms with Crippen LogP contribution in [0.3, 0.4) is 0 Å². The molecule has 1 amide bonds. The average Bonchev–Trinajstić information content (AvgIpc) is 2.39. The van der Waals surface area contributed by atoms with Gasteiger partial charge in [0.15, 0.2) is 0 Å². The highest BCUT2D eigenvalue weighted by Gasteiger charge is 2.25. The van der Waals surface area contributed by atoms with E-state index in [9.17, 15) is 4.79 Å². The zero-order valence-corrected chi connectivity index (χ0v) is 13.1. The topological polar surface area (TPSA) is 59.2 Å². The molecule has 1 unspecified atom stereocenters. The number of nitrogens with zero attached hydrogens (tertiary/aromatic N) is 2. The van der Waals surface area contributed by atoms with Gasteiger partial charge in [-0.15, -0.1) is 12.4 Å². The molecule has 4 nitrogen and oxygen atoms in total. The van der Waals surface area contributed by atoms with Crippen LogP contribution in [0.25, 0.3) is 0 Å². The third-order valence-corrected chi connectivity index (χ3v) is 3.98. The second kappa shape index (κ2) is 7.82. The highest BCUT2D eigenvalue weighted by Crippen LogP contribution is 2.22. The van der Waals surface area contributed by atoms with Gasteiger partial charge in [-0.2, -0.15) is 0 Å². The molecule has 2 rings (SSSR count). The second-order valence-corrected chi connectivity index (χ2v) is 5.52. The van der Waals surface area contributed by atoms with Crippen LogP contribution in [0.2, 0.25) is 0 Å². The number of carbonyl (C=O) groups excluding carboxylic acids is 1. The number of rotatable bonds is 3. The standard InChI is InChI=1S/C13H18BrN3O.ClH/c14-11-4-1-7-16-12(11)13(18)17-8-2-3-10(9-17)5-6-15;/h1,4,7,10H,2-3,5-6,8-9,15H2;1H. The van der Waals surface area contributed by atoms with E-state index < -0.39 is 0 Å². The van der Waals surface area contributed by atoms with E-state index in [-0.39, 0.29) is 18.3 Å². The molecule has 1 aromatic rings. The average molecular weight is 349 g/mol. The smallest absolute Gasteiger partial charge is 0.273 e. The molecular formula is C13H19BrClN3O. The fourth-order valence-corrected chi connectivity index (χ4v) is 2.84. The van der Waals surface area contributed by atoms with Crippen molar-refractivity contribution in [1.29, 1.82) is 0 Å². The van der Waals surface area contributed by atoms with Crippen LogP contribution in [0, 0.1) is 5.92 Å². The van der Waals surface area contributed by atoms with Gasteiger partial charge in [0.1, 0.15) is 5.69 Å². The number of likely N-dealkylation sites (tertiary alicyclic amines) is 1. The van der Waals surface area contributed by atoms with Crippen LogP contribution in [0.4, 0.5) is 0 Å². The minimum absolute atomic E-state index is 0. The van der Waals surface area contributed by atoms with Gasteiger partial charge in [0.25, 0.3) is 5.91 Å². The predicted octanol–water partition coefficient (Wildman–Crippen LogP) is 2.47. The van der Waals surface area contributed by atoms with Crippen molar-refractivity contribution in [3.8, 4) is 0 Å². The zero-order valence-electron chi connectivity index (χ0n) is 10.7. The van der Waals surface area contributed by atoms with Crippen molar-refractivity contribution in [1.82, 2.24) is 9.88 Å². The number of aromatic nitrogens is 1. The van der Waals surface area contributed by atoms with Gasteiger partial charge in [-0.25, -0.2) is 4.98 Å². The predicted molar refractivity (Wildman–Crippen MR) is 81.5 cm³/mol. The molecular weight excluding hydrogens is 330 g/mol. The first-order valence-corrected chi connectivity index (χ1v) is 7.11. The van der Waals surface area contributed by atoms with E-state index >= 15 is 0 Å². The lowest BCUT2D eigenvalue weighted by atomic mass is 9.94. The number of pyridine rings is 1. The first kappa shape index (κ1) is 16.4. The van der Waals surface area contributed by atoms with E-state index in [1.54, 1.807) is 6.20 Å². The molecule has 106 valence electrons. The second-order valence-electron chi connectivity index (χ2n) is 4.67. The van der Waals surface area contributed by atoms with Crippen molar-refractivity contribution >= 4 is 34.2 Å². The van der Waals surface area contributed by atoms with Crippen molar-refractivity contribution in [3.05, 3.63) is 28.5 Å². The molecule has 2 N–H and O–H groups in total. The fourth-order valence-electron chi connectivity index (χ4n) is 2.41. The van der Waals surface area contributed by atoms with Gasteiger partial charge in [0.05, 0.1) is 0 Å². The Morgan fingerprint density at radius 2 is 2.37 bits per heavy atom. The van der Waals surface area contributed by atoms with Crippen molar-refractivity contribution in [2.45, 2.75) is 19.3 Å². The summed E-state index contributed by atoms with van der Waals surface area (Å²) < 4.78 is 0.760. The van der Waals surface area contributed by atoms with E-state index in [2.05, 4.69) is 20.9 Å². The maximum absolute atomic E-state index is 12.4. The molecule has 0 radical (unpaired) electrons. The Kier molecular flexibility index (Phi) is 6.75. The van der Waals surface area contributed by atoms with Gasteiger partial charge in [-0.3, -0.25) is 4.79 Å². The highest BCUT2D eigenvalue weighted by molar-refractivity contribution is 9.10. The van der Waals surface area contributed by atoms with Crippen LogP contribution in [-0.4, -0.2) is 35.4 Å². The van der Waals surface area contributed by atoms with Crippen LogP contribution < -0.4 is 5.73 Å². The number of hydrogen-bond acceptors (Lipinski definition) is 3. The van der Waals surface area contributed by atoms with E-state index in [1.807, 2.05) is 17.0 Å². The summed E-state index contributed by atoms with van der Waals surface area (Å²) in [4.78, 5) is 18.4. The van der Waals surface area contributed by atoms with E-state index in [0.717, 1.165) is 30.4 Å². The van der Waals surface area contributed by atoms with Crippen LogP contribution in [0.1, 0.15) is 29.8 Å². The van der Waals surface area contributed by atoms with Gasteiger partial charge in [-0.1, -0.05) is 0 Å². The molecule has 0 bridgehead atoms. The molecule has 1 aliphatic heterocycles. The lowest BCUT2D eigenvalue weighted by Gasteiger charge is -2.32. The molecule has 1 fully saturated rings. The number of nitrogens with two attached hydrogens (primary N) is 1. The minimum atomic E-state index is 0. The summed E-state index contributed by atoms with van der Waals surface area (Å²) in [6.07, 6.45) is 4.87. The van der Waals surface area contributed by atoms with E-state index in [1.165, 1.54) is 6.42 Å². The summed E-state index contributed by atoms with van der Waals surface area (Å²) >= 11 is 3.38. The Balaban J connectivity index is 0.00000180. The Labute approximate surface area is 128 Å². The number of amides is 1. The van der Waals surface area contributed by atoms with Gasteiger partial charge < -0.3 is 10.6 Å². The molecule has 19 heavy (non-hydrogen) atoms. The quantitative estimate of drug-likeness (QED) is 0.913. The molecule has 0 aromatic carbocycles. The van der Waals surface area contributed by atoms with Gasteiger partial charge in [0, 0.05) is 23.8 Å². The molecule has 1 atom stereocenters. The number of piperidine rings is 1. The normalized spacial score (nSPS) is 18.8. The van der Waals surface area contributed by atoms with Crippen molar-refractivity contribution in [2.75, 3.05) is 19.6 Å². The van der Waals surface area contributed by atoms with Crippen LogP contribution in [0.5, 0.6) is 0 Å². The molecule has 6 heteroatoms. The zero-order chi connectivity index (χ0) is 13.0. The minimum Gasteiger partial charge on any atom is -0.337 e. The third-order valence-electron chi connectivity index (χ3n) is 3.34. The molecule has 1 saturated heterocycles. The monoisotopic (exact) mass is 347 g/mol. The van der Waals surface area contributed by atoms with Crippen molar-refractivity contribution in [3.63, 3.8) is 0 Å². The summed E-state index contributed by atoms with van der Waals surface area (Å²) in [7, 11) is 0. The molecule has 2 heterocycles. The summed E-state index contributed by atoms with van der Waals surface area (Å²) in [5.41, 5.74) is 6.10. The summed E-state index contributed by atoms with van der Waals surface area (Å²) in [6.45, 7) is 2.32. The van der Waals surface area contributed by atoms with E-state index in [0.29, 0.717) is 18.2 Å². The Bertz CT molecular complexity index is 428. The molecule has 0 aliphatic carbocycles. The first-order chi connectivity index (χ1) is 8.72. The fraction of sp³-hybridized carbons (Fsp3) is 0.538. The Morgan fingerprint density at radius 1 is 1.58 bits per heavy atom. The SMILES string of the molecule is Cl.NCCC1CCCN(C(=O)c2ncccc2Br)C1. The van der Waals surface area contributed by atoms with Gasteiger partial charge in [0.2, 0.25) is 0 Å². The van der Waals surface area contributed by atoms with Crippen molar-refractivity contribution in [2.24, 2.45) is 11.7 Å². The largest absolute Gasteiger partial charge is 0.337 e. The summed E-state index contributed by atoms with van der Waals surface area (Å²) in [6, 6.07) is 3.66. The maximum atomic E-state index is 12.4. The Hall–Kier alpha value is -0.650. The third kappa shape index (κ3) is 4.16. The highest BCUT2D eigenvalue weighted by atomic mass is 79.9. The molecule has 0 spiro atoms. The summed E-state index contributed by atoms with van der Waals surface area (Å²) in [5, 5.41) is 0. The molecule has 1 aromatic heterocycles. The molecule has 1 aliphatic rings. The van der Waals surface area contributed by atoms with Crippen LogP contribution in [-0.2, 0) is 0 Å². The lowest BCUT2D eigenvalue weighted by Crippen LogP contribution is -2.40. The number of carbonyl (C=O) groups is 1. The summed E-state index contributed by atoms with van der Waals surface area (Å²) in [5.74, 6) is 0.555. The van der Waals surface area contributed by atoms with Crippen LogP contribution in [0.15, 0.2) is 22.8 Å². The molecule has 0 saturated carbocycles. The number of hydrogen-bond donors (Lipinski definition) is 1. The van der Waals surface area contributed by atoms with Gasteiger partial charge in [-0.05, 0) is 59.8 Å². The Morgan fingerprint density at radius 3 is 3.05 bits per heavy atom. The number of halogens is 2. The van der Waals surface area contributed by atoms with E-state index in [4.69, 9.17) is 5.73 Å². The van der Waals surface area contributed by atoms with Crippen molar-refractivity contribution < 1.29 is 4.79 Å². The lowest BCUT2D eigenvalue weighted by molar-refractivity contribution is 0.0662. The van der Waals surface area contributed by atoms with Crippen LogP contribution >= 0.6 is 28.3 Å². The first-order valence-electron chi connectivity index (χ1n) is 6.32.